The Morgan fingerprint density at radius 3 is 2.68 bits per heavy atom. The van der Waals surface area contributed by atoms with E-state index in [2.05, 4.69) is 67.0 Å². The van der Waals surface area contributed by atoms with Crippen LogP contribution in [0.4, 0.5) is 0 Å². The molecule has 1 aromatic rings. The van der Waals surface area contributed by atoms with Gasteiger partial charge < -0.3 is 10.2 Å². The molecule has 0 bridgehead atoms. The van der Waals surface area contributed by atoms with Crippen molar-refractivity contribution in [3.63, 3.8) is 0 Å². The third-order valence-electron chi connectivity index (χ3n) is 4.00. The highest BCUT2D eigenvalue weighted by Gasteiger charge is 2.06. The number of hydrogen-bond acceptors (Lipinski definition) is 3. The van der Waals surface area contributed by atoms with Gasteiger partial charge in [-0.2, -0.15) is 5.10 Å². The number of nitrogens with zero attached hydrogens (tertiary/aromatic N) is 3. The third-order valence-corrected chi connectivity index (χ3v) is 4.00. The Morgan fingerprint density at radius 1 is 1.32 bits per heavy atom. The minimum absolute atomic E-state index is 0.491. The number of likely N-dealkylation sites (N-methyl/N-ethyl adjacent to an activating group) is 1. The zero-order valence-electron chi connectivity index (χ0n) is 13.2. The van der Waals surface area contributed by atoms with Crippen molar-refractivity contribution in [2.24, 2.45) is 0 Å². The first-order chi connectivity index (χ1) is 9.08. The minimum atomic E-state index is 0.491. The zero-order chi connectivity index (χ0) is 14.3. The lowest BCUT2D eigenvalue weighted by Gasteiger charge is -2.23. The Hall–Kier alpha value is -0.870. The van der Waals surface area contributed by atoms with Crippen molar-refractivity contribution in [2.45, 2.75) is 59.2 Å². The van der Waals surface area contributed by atoms with Gasteiger partial charge in [0.1, 0.15) is 0 Å². The molecule has 110 valence electrons. The molecular weight excluding hydrogens is 236 g/mol. The van der Waals surface area contributed by atoms with E-state index >= 15 is 0 Å². The number of hydrogen-bond donors (Lipinski definition) is 1. The fourth-order valence-electron chi connectivity index (χ4n) is 1.91. The lowest BCUT2D eigenvalue weighted by atomic mass is 10.2. The molecule has 0 aliphatic heterocycles. The average molecular weight is 266 g/mol. The van der Waals surface area contributed by atoms with Crippen LogP contribution in [0.15, 0.2) is 12.3 Å². The molecule has 0 amide bonds. The van der Waals surface area contributed by atoms with E-state index in [4.69, 9.17) is 0 Å². The lowest BCUT2D eigenvalue weighted by Crippen LogP contribution is -2.34. The summed E-state index contributed by atoms with van der Waals surface area (Å²) in [4.78, 5) is 2.39. The summed E-state index contributed by atoms with van der Waals surface area (Å²) in [5.41, 5.74) is 1.13. The summed E-state index contributed by atoms with van der Waals surface area (Å²) in [6, 6.07) is 3.26. The summed E-state index contributed by atoms with van der Waals surface area (Å²) in [6.45, 7) is 11.8. The van der Waals surface area contributed by atoms with E-state index in [1.807, 2.05) is 0 Å². The van der Waals surface area contributed by atoms with Crippen LogP contribution in [-0.2, 0) is 6.54 Å². The molecule has 1 rings (SSSR count). The first kappa shape index (κ1) is 16.2. The molecule has 0 aliphatic rings. The number of rotatable bonds is 9. The molecule has 2 unspecified atom stereocenters. The molecule has 4 heteroatoms. The summed E-state index contributed by atoms with van der Waals surface area (Å²) in [5, 5.41) is 8.05. The van der Waals surface area contributed by atoms with Gasteiger partial charge in [0.15, 0.2) is 0 Å². The van der Waals surface area contributed by atoms with E-state index in [9.17, 15) is 0 Å². The molecule has 0 radical (unpaired) electrons. The lowest BCUT2D eigenvalue weighted by molar-refractivity contribution is 0.251. The van der Waals surface area contributed by atoms with E-state index in [-0.39, 0.29) is 0 Å². The van der Waals surface area contributed by atoms with Gasteiger partial charge in [0.2, 0.25) is 0 Å². The molecule has 0 spiro atoms. The SMILES string of the molecule is CCC(C)N(C)CCNCc1ccn(C(C)CC)n1. The first-order valence-corrected chi connectivity index (χ1v) is 7.53. The maximum atomic E-state index is 4.59. The fourth-order valence-corrected chi connectivity index (χ4v) is 1.91. The molecule has 0 saturated heterocycles. The van der Waals surface area contributed by atoms with Crippen LogP contribution in [-0.4, -0.2) is 40.9 Å². The van der Waals surface area contributed by atoms with Gasteiger partial charge in [0.25, 0.3) is 0 Å². The maximum absolute atomic E-state index is 4.59. The van der Waals surface area contributed by atoms with Gasteiger partial charge in [-0.3, -0.25) is 4.68 Å². The molecule has 0 saturated carbocycles. The second kappa shape index (κ2) is 8.33. The smallest absolute Gasteiger partial charge is 0.0762 e. The van der Waals surface area contributed by atoms with Gasteiger partial charge in [-0.15, -0.1) is 0 Å². The number of nitrogens with one attached hydrogen (secondary N) is 1. The fraction of sp³-hybridized carbons (Fsp3) is 0.800. The average Bonchev–Trinajstić information content (AvgIpc) is 2.90. The summed E-state index contributed by atoms with van der Waals surface area (Å²) < 4.78 is 2.06. The highest BCUT2D eigenvalue weighted by Crippen LogP contribution is 2.08. The molecule has 0 aromatic carbocycles. The second-order valence-electron chi connectivity index (χ2n) is 5.46. The predicted molar refractivity (Wildman–Crippen MR) is 81.3 cm³/mol. The van der Waals surface area contributed by atoms with Crippen LogP contribution in [0.1, 0.15) is 52.3 Å². The summed E-state index contributed by atoms with van der Waals surface area (Å²) >= 11 is 0. The van der Waals surface area contributed by atoms with Crippen LogP contribution in [0.5, 0.6) is 0 Å². The highest BCUT2D eigenvalue weighted by molar-refractivity contribution is 4.99. The van der Waals surface area contributed by atoms with E-state index in [1.54, 1.807) is 0 Å². The Kier molecular flexibility index (Phi) is 7.10. The Balaban J connectivity index is 2.24. The van der Waals surface area contributed by atoms with Crippen LogP contribution in [0.25, 0.3) is 0 Å². The van der Waals surface area contributed by atoms with E-state index in [0.29, 0.717) is 12.1 Å². The molecule has 2 atom stereocenters. The standard InChI is InChI=1S/C15H30N4/c1-6-13(3)18(5)11-9-16-12-15-8-10-19(17-15)14(4)7-2/h8,10,13-14,16H,6-7,9,11-12H2,1-5H3. The summed E-state index contributed by atoms with van der Waals surface area (Å²) in [7, 11) is 2.19. The molecule has 1 heterocycles. The van der Waals surface area contributed by atoms with Crippen LogP contribution >= 0.6 is 0 Å². The van der Waals surface area contributed by atoms with Crippen molar-refractivity contribution in [1.29, 1.82) is 0 Å². The molecule has 0 fully saturated rings. The Bertz CT molecular complexity index is 348. The van der Waals surface area contributed by atoms with Crippen molar-refractivity contribution in [1.82, 2.24) is 20.0 Å². The summed E-state index contributed by atoms with van der Waals surface area (Å²) in [6.07, 6.45) is 4.40. The normalized spacial score (nSPS) is 14.8. The molecular formula is C15H30N4. The largest absolute Gasteiger partial charge is 0.310 e. The van der Waals surface area contributed by atoms with E-state index in [1.165, 1.54) is 6.42 Å². The quantitative estimate of drug-likeness (QED) is 0.698. The molecule has 19 heavy (non-hydrogen) atoms. The number of aromatic nitrogens is 2. The second-order valence-corrected chi connectivity index (χ2v) is 5.46. The van der Waals surface area contributed by atoms with Crippen LogP contribution in [0.2, 0.25) is 0 Å². The first-order valence-electron chi connectivity index (χ1n) is 7.53. The van der Waals surface area contributed by atoms with Crippen LogP contribution in [0, 0.1) is 0 Å². The van der Waals surface area contributed by atoms with Crippen LogP contribution < -0.4 is 5.32 Å². The van der Waals surface area contributed by atoms with Crippen molar-refractivity contribution < 1.29 is 0 Å². The van der Waals surface area contributed by atoms with Crippen LogP contribution in [0.3, 0.4) is 0 Å². The molecule has 1 aromatic heterocycles. The van der Waals surface area contributed by atoms with Gasteiger partial charge in [-0.25, -0.2) is 0 Å². The van der Waals surface area contributed by atoms with Crippen molar-refractivity contribution in [3.05, 3.63) is 18.0 Å². The van der Waals surface area contributed by atoms with Gasteiger partial charge >= 0.3 is 0 Å². The van der Waals surface area contributed by atoms with Crippen molar-refractivity contribution >= 4 is 0 Å². The molecule has 1 N–H and O–H groups in total. The zero-order valence-corrected chi connectivity index (χ0v) is 13.2. The minimum Gasteiger partial charge on any atom is -0.310 e. The summed E-state index contributed by atoms with van der Waals surface area (Å²) in [5.74, 6) is 0. The van der Waals surface area contributed by atoms with Crippen molar-refractivity contribution in [2.75, 3.05) is 20.1 Å². The topological polar surface area (TPSA) is 33.1 Å². The Labute approximate surface area is 118 Å². The Morgan fingerprint density at radius 2 is 2.05 bits per heavy atom. The van der Waals surface area contributed by atoms with Gasteiger partial charge in [-0.1, -0.05) is 13.8 Å². The monoisotopic (exact) mass is 266 g/mol. The van der Waals surface area contributed by atoms with Gasteiger partial charge in [-0.05, 0) is 39.8 Å². The van der Waals surface area contributed by atoms with Gasteiger partial charge in [0, 0.05) is 37.9 Å². The van der Waals surface area contributed by atoms with Gasteiger partial charge in [0.05, 0.1) is 5.69 Å². The highest BCUT2D eigenvalue weighted by atomic mass is 15.3. The maximum Gasteiger partial charge on any atom is 0.0762 e. The predicted octanol–water partition coefficient (Wildman–Crippen LogP) is 2.67. The van der Waals surface area contributed by atoms with E-state index in [0.717, 1.165) is 31.7 Å². The molecule has 4 nitrogen and oxygen atoms in total. The van der Waals surface area contributed by atoms with Crippen molar-refractivity contribution in [3.8, 4) is 0 Å². The third kappa shape index (κ3) is 5.33. The van der Waals surface area contributed by atoms with E-state index < -0.39 is 0 Å². The molecule has 0 aliphatic carbocycles.